The number of hydrogen-bond donors (Lipinski definition) is 0. The average molecular weight is 349 g/mol. The number of rotatable bonds is 5. The Kier molecular flexibility index (Phi) is 4.37. The number of aromatic nitrogens is 2. The van der Waals surface area contributed by atoms with E-state index in [4.69, 9.17) is 9.47 Å². The number of methoxy groups -OCH3 is 2. The molecule has 1 aliphatic heterocycles. The van der Waals surface area contributed by atoms with Gasteiger partial charge in [-0.3, -0.25) is 0 Å². The molecule has 3 aromatic rings. The van der Waals surface area contributed by atoms with Crippen LogP contribution in [0.15, 0.2) is 36.7 Å². The fraction of sp³-hybridized carbons (Fsp3) is 0.333. The second-order valence-electron chi connectivity index (χ2n) is 6.54. The second-order valence-corrected chi connectivity index (χ2v) is 6.54. The molecule has 5 heteroatoms. The van der Waals surface area contributed by atoms with Gasteiger partial charge >= 0.3 is 0 Å². The first-order chi connectivity index (χ1) is 12.7. The number of anilines is 2. The number of aryl methyl sites for hydroxylation is 1. The lowest BCUT2D eigenvalue weighted by atomic mass is 10.1. The van der Waals surface area contributed by atoms with Crippen LogP contribution in [0.1, 0.15) is 24.5 Å². The first-order valence-corrected chi connectivity index (χ1v) is 9.01. The molecule has 0 radical (unpaired) electrons. The molecule has 0 saturated carbocycles. The first kappa shape index (κ1) is 16.6. The number of ether oxygens (including phenoxy) is 2. The first-order valence-electron chi connectivity index (χ1n) is 9.01. The molecule has 0 fully saturated rings. The van der Waals surface area contributed by atoms with Crippen LogP contribution >= 0.6 is 0 Å². The van der Waals surface area contributed by atoms with Crippen LogP contribution in [0.25, 0.3) is 10.9 Å². The summed E-state index contributed by atoms with van der Waals surface area (Å²) in [6.45, 7) is 3.13. The molecular formula is C21H23N3O2. The molecule has 0 atom stereocenters. The van der Waals surface area contributed by atoms with Crippen molar-refractivity contribution in [1.29, 1.82) is 0 Å². The summed E-state index contributed by atoms with van der Waals surface area (Å²) in [6, 6.07) is 10.7. The van der Waals surface area contributed by atoms with Crippen LogP contribution < -0.4 is 14.4 Å². The van der Waals surface area contributed by atoms with E-state index in [1.54, 1.807) is 20.5 Å². The molecule has 4 rings (SSSR count). The van der Waals surface area contributed by atoms with E-state index in [2.05, 4.69) is 40.0 Å². The van der Waals surface area contributed by atoms with Gasteiger partial charge in [0.25, 0.3) is 0 Å². The molecule has 0 aliphatic carbocycles. The summed E-state index contributed by atoms with van der Waals surface area (Å²) in [5.41, 5.74) is 4.85. The van der Waals surface area contributed by atoms with Crippen molar-refractivity contribution in [2.24, 2.45) is 0 Å². The predicted molar refractivity (Wildman–Crippen MR) is 104 cm³/mol. The average Bonchev–Trinajstić information content (AvgIpc) is 3.09. The Bertz CT molecular complexity index is 955. The number of nitrogens with zero attached hydrogens (tertiary/aromatic N) is 3. The molecule has 1 aliphatic rings. The summed E-state index contributed by atoms with van der Waals surface area (Å²) in [4.78, 5) is 11.3. The van der Waals surface area contributed by atoms with E-state index in [9.17, 15) is 0 Å². The van der Waals surface area contributed by atoms with Crippen LogP contribution in [-0.2, 0) is 12.8 Å². The Morgan fingerprint density at radius 2 is 1.85 bits per heavy atom. The molecule has 134 valence electrons. The summed E-state index contributed by atoms with van der Waals surface area (Å²) in [5.74, 6) is 2.29. The van der Waals surface area contributed by atoms with Crippen molar-refractivity contribution in [3.05, 3.63) is 47.8 Å². The lowest BCUT2D eigenvalue weighted by Crippen LogP contribution is -2.15. The third-order valence-corrected chi connectivity index (χ3v) is 4.96. The van der Waals surface area contributed by atoms with Gasteiger partial charge in [0.15, 0.2) is 11.5 Å². The van der Waals surface area contributed by atoms with Crippen molar-refractivity contribution in [2.75, 3.05) is 25.7 Å². The fourth-order valence-electron chi connectivity index (χ4n) is 3.67. The summed E-state index contributed by atoms with van der Waals surface area (Å²) in [6.07, 6.45) is 4.89. The molecule has 26 heavy (non-hydrogen) atoms. The Balaban J connectivity index is 1.85. The van der Waals surface area contributed by atoms with E-state index in [0.717, 1.165) is 42.5 Å². The smallest absolute Gasteiger partial charge is 0.162 e. The highest BCUT2D eigenvalue weighted by molar-refractivity contribution is 5.94. The maximum Gasteiger partial charge on any atom is 0.162 e. The molecule has 0 spiro atoms. The van der Waals surface area contributed by atoms with E-state index in [-0.39, 0.29) is 0 Å². The van der Waals surface area contributed by atoms with Gasteiger partial charge < -0.3 is 14.4 Å². The standard InChI is InChI=1S/C21H23N3O2/c1-4-5-14-6-7-15-8-9-24(18(15)10-14)21-16-11-19(25-2)20(26-3)12-17(16)22-13-23-21/h6-7,10-13H,4-5,8-9H2,1-3H3. The number of hydrogen-bond acceptors (Lipinski definition) is 5. The third-order valence-electron chi connectivity index (χ3n) is 4.96. The second kappa shape index (κ2) is 6.83. The summed E-state index contributed by atoms with van der Waals surface area (Å²) < 4.78 is 10.9. The summed E-state index contributed by atoms with van der Waals surface area (Å²) in [5, 5.41) is 0.971. The minimum atomic E-state index is 0.678. The minimum Gasteiger partial charge on any atom is -0.493 e. The zero-order valence-electron chi connectivity index (χ0n) is 15.5. The van der Waals surface area contributed by atoms with E-state index in [1.807, 2.05) is 12.1 Å². The highest BCUT2D eigenvalue weighted by atomic mass is 16.5. The lowest BCUT2D eigenvalue weighted by Gasteiger charge is -2.21. The molecule has 0 amide bonds. The van der Waals surface area contributed by atoms with Gasteiger partial charge in [0, 0.05) is 23.7 Å². The van der Waals surface area contributed by atoms with Crippen LogP contribution in [0.4, 0.5) is 11.5 Å². The Labute approximate surface area is 153 Å². The highest BCUT2D eigenvalue weighted by Gasteiger charge is 2.24. The van der Waals surface area contributed by atoms with Crippen molar-refractivity contribution in [3.63, 3.8) is 0 Å². The zero-order valence-corrected chi connectivity index (χ0v) is 15.5. The van der Waals surface area contributed by atoms with E-state index in [0.29, 0.717) is 11.5 Å². The maximum atomic E-state index is 5.48. The fourth-order valence-corrected chi connectivity index (χ4v) is 3.67. The van der Waals surface area contributed by atoms with Crippen LogP contribution in [-0.4, -0.2) is 30.7 Å². The molecular weight excluding hydrogens is 326 g/mol. The molecule has 0 unspecified atom stereocenters. The van der Waals surface area contributed by atoms with Gasteiger partial charge in [-0.05, 0) is 36.1 Å². The van der Waals surface area contributed by atoms with Gasteiger partial charge in [-0.1, -0.05) is 25.5 Å². The molecule has 1 aromatic heterocycles. The molecule has 2 heterocycles. The van der Waals surface area contributed by atoms with E-state index in [1.165, 1.54) is 16.8 Å². The van der Waals surface area contributed by atoms with Crippen molar-refractivity contribution in [3.8, 4) is 11.5 Å². The van der Waals surface area contributed by atoms with Crippen LogP contribution in [0.2, 0.25) is 0 Å². The van der Waals surface area contributed by atoms with Crippen molar-refractivity contribution in [1.82, 2.24) is 9.97 Å². The Morgan fingerprint density at radius 1 is 1.04 bits per heavy atom. The van der Waals surface area contributed by atoms with Gasteiger partial charge in [-0.15, -0.1) is 0 Å². The molecule has 0 saturated heterocycles. The Hall–Kier alpha value is -2.82. The van der Waals surface area contributed by atoms with Gasteiger partial charge in [0.2, 0.25) is 0 Å². The normalized spacial score (nSPS) is 13.1. The molecule has 0 N–H and O–H groups in total. The minimum absolute atomic E-state index is 0.678. The molecule has 0 bridgehead atoms. The molecule has 2 aromatic carbocycles. The summed E-state index contributed by atoms with van der Waals surface area (Å²) >= 11 is 0. The van der Waals surface area contributed by atoms with Gasteiger partial charge in [0.1, 0.15) is 12.1 Å². The largest absolute Gasteiger partial charge is 0.493 e. The number of benzene rings is 2. The third kappa shape index (κ3) is 2.73. The predicted octanol–water partition coefficient (Wildman–Crippen LogP) is 4.29. The monoisotopic (exact) mass is 349 g/mol. The topological polar surface area (TPSA) is 47.5 Å². The maximum absolute atomic E-state index is 5.48. The lowest BCUT2D eigenvalue weighted by molar-refractivity contribution is 0.356. The Morgan fingerprint density at radius 3 is 2.62 bits per heavy atom. The van der Waals surface area contributed by atoms with E-state index < -0.39 is 0 Å². The highest BCUT2D eigenvalue weighted by Crippen LogP contribution is 2.40. The van der Waals surface area contributed by atoms with Gasteiger partial charge in [0.05, 0.1) is 19.7 Å². The van der Waals surface area contributed by atoms with Crippen LogP contribution in [0, 0.1) is 0 Å². The van der Waals surface area contributed by atoms with Crippen LogP contribution in [0.5, 0.6) is 11.5 Å². The van der Waals surface area contributed by atoms with Crippen molar-refractivity contribution < 1.29 is 9.47 Å². The number of fused-ring (bicyclic) bond motifs is 2. The zero-order chi connectivity index (χ0) is 18.1. The summed E-state index contributed by atoms with van der Waals surface area (Å²) in [7, 11) is 3.28. The van der Waals surface area contributed by atoms with Gasteiger partial charge in [-0.25, -0.2) is 9.97 Å². The quantitative estimate of drug-likeness (QED) is 0.687. The molecule has 5 nitrogen and oxygen atoms in total. The SMILES string of the molecule is CCCc1ccc2c(c1)N(c1ncnc3cc(OC)c(OC)cc13)CC2. The van der Waals surface area contributed by atoms with Crippen molar-refractivity contribution >= 4 is 22.4 Å². The van der Waals surface area contributed by atoms with Crippen LogP contribution in [0.3, 0.4) is 0 Å². The van der Waals surface area contributed by atoms with E-state index >= 15 is 0 Å². The van der Waals surface area contributed by atoms with Crippen molar-refractivity contribution in [2.45, 2.75) is 26.2 Å². The van der Waals surface area contributed by atoms with Gasteiger partial charge in [-0.2, -0.15) is 0 Å².